The third-order valence-corrected chi connectivity index (χ3v) is 7.07. The van der Waals surface area contributed by atoms with Crippen molar-refractivity contribution in [3.05, 3.63) is 52.3 Å². The van der Waals surface area contributed by atoms with Crippen molar-refractivity contribution in [2.75, 3.05) is 26.2 Å². The largest absolute Gasteiger partial charge is 0.337 e. The minimum absolute atomic E-state index is 0.137. The first kappa shape index (κ1) is 20.6. The number of piperazine rings is 1. The van der Waals surface area contributed by atoms with E-state index in [2.05, 4.69) is 5.10 Å². The molecule has 0 spiro atoms. The molecular formula is C19H23ClN4O3S. The van der Waals surface area contributed by atoms with Crippen molar-refractivity contribution in [3.63, 3.8) is 0 Å². The summed E-state index contributed by atoms with van der Waals surface area (Å²) in [6, 6.07) is 6.22. The van der Waals surface area contributed by atoms with Crippen molar-refractivity contribution < 1.29 is 13.2 Å². The Balaban J connectivity index is 1.65. The fourth-order valence-corrected chi connectivity index (χ4v) is 4.94. The molecule has 150 valence electrons. The second kappa shape index (κ2) is 8.06. The highest BCUT2D eigenvalue weighted by Gasteiger charge is 2.29. The third-order valence-electron chi connectivity index (χ3n) is 4.94. The lowest BCUT2D eigenvalue weighted by Gasteiger charge is -2.33. The first-order valence-electron chi connectivity index (χ1n) is 8.93. The summed E-state index contributed by atoms with van der Waals surface area (Å²) in [6.07, 6.45) is 3.30. The molecule has 28 heavy (non-hydrogen) atoms. The highest BCUT2D eigenvalue weighted by atomic mass is 35.5. The number of benzene rings is 1. The monoisotopic (exact) mass is 422 g/mol. The van der Waals surface area contributed by atoms with Crippen LogP contribution in [0.2, 0.25) is 5.02 Å². The van der Waals surface area contributed by atoms with Gasteiger partial charge in [-0.05, 0) is 38.1 Å². The van der Waals surface area contributed by atoms with Gasteiger partial charge in [0.25, 0.3) is 0 Å². The number of sulfonamides is 1. The molecule has 0 bridgehead atoms. The van der Waals surface area contributed by atoms with Gasteiger partial charge in [-0.25, -0.2) is 8.42 Å². The molecule has 1 aromatic carbocycles. The molecule has 1 amide bonds. The lowest BCUT2D eigenvalue weighted by atomic mass is 10.2. The minimum atomic E-state index is -3.62. The maximum Gasteiger partial charge on any atom is 0.246 e. The van der Waals surface area contributed by atoms with E-state index in [0.29, 0.717) is 18.1 Å². The highest BCUT2D eigenvalue weighted by molar-refractivity contribution is 7.89. The number of carbonyl (C=O) groups excluding carboxylic acids is 1. The molecule has 0 N–H and O–H groups in total. The van der Waals surface area contributed by atoms with E-state index in [1.54, 1.807) is 27.8 Å². The predicted molar refractivity (Wildman–Crippen MR) is 109 cm³/mol. The fraction of sp³-hybridized carbons (Fsp3) is 0.368. The molecule has 0 radical (unpaired) electrons. The van der Waals surface area contributed by atoms with Crippen LogP contribution in [0.15, 0.2) is 35.2 Å². The number of carbonyl (C=O) groups is 1. The Morgan fingerprint density at radius 1 is 1.18 bits per heavy atom. The zero-order valence-electron chi connectivity index (χ0n) is 16.1. The van der Waals surface area contributed by atoms with Crippen LogP contribution in [-0.4, -0.2) is 59.5 Å². The predicted octanol–water partition coefficient (Wildman–Crippen LogP) is 2.24. The standard InChI is InChI=1S/C19H23ClN4O3S/c1-14-18(15(2)22(3)21-14)7-8-19(25)23-9-11-24(12-10-23)28(26,27)17-6-4-5-16(20)13-17/h4-8,13H,9-12H2,1-3H3/b8-7+. The van der Waals surface area contributed by atoms with E-state index in [0.717, 1.165) is 17.0 Å². The molecular weight excluding hydrogens is 400 g/mol. The number of hydrogen-bond donors (Lipinski definition) is 0. The molecule has 7 nitrogen and oxygen atoms in total. The van der Waals surface area contributed by atoms with Crippen molar-refractivity contribution in [2.24, 2.45) is 7.05 Å². The summed E-state index contributed by atoms with van der Waals surface area (Å²) in [5.74, 6) is -0.137. The van der Waals surface area contributed by atoms with Crippen LogP contribution in [0.5, 0.6) is 0 Å². The van der Waals surface area contributed by atoms with Crippen LogP contribution in [0.1, 0.15) is 17.0 Å². The maximum absolute atomic E-state index is 12.7. The van der Waals surface area contributed by atoms with Crippen LogP contribution >= 0.6 is 11.6 Å². The molecule has 2 aromatic rings. The number of nitrogens with zero attached hydrogens (tertiary/aromatic N) is 4. The molecule has 0 atom stereocenters. The molecule has 1 aliphatic rings. The molecule has 1 fully saturated rings. The lowest BCUT2D eigenvalue weighted by molar-refractivity contribution is -0.127. The van der Waals surface area contributed by atoms with Crippen molar-refractivity contribution in [2.45, 2.75) is 18.7 Å². The van der Waals surface area contributed by atoms with Gasteiger partial charge < -0.3 is 4.90 Å². The van der Waals surface area contributed by atoms with E-state index in [-0.39, 0.29) is 23.9 Å². The number of halogens is 1. The quantitative estimate of drug-likeness (QED) is 0.708. The Kier molecular flexibility index (Phi) is 5.92. The minimum Gasteiger partial charge on any atom is -0.337 e. The molecule has 3 rings (SSSR count). The second-order valence-corrected chi connectivity index (χ2v) is 9.10. The summed E-state index contributed by atoms with van der Waals surface area (Å²) >= 11 is 5.91. The Morgan fingerprint density at radius 2 is 1.86 bits per heavy atom. The molecule has 0 saturated carbocycles. The third kappa shape index (κ3) is 4.14. The average molecular weight is 423 g/mol. The molecule has 9 heteroatoms. The summed E-state index contributed by atoms with van der Waals surface area (Å²) in [7, 11) is -1.75. The van der Waals surface area contributed by atoms with Crippen molar-refractivity contribution >= 4 is 33.6 Å². The van der Waals surface area contributed by atoms with Gasteiger partial charge in [-0.2, -0.15) is 9.40 Å². The van der Waals surface area contributed by atoms with Gasteiger partial charge in [0, 0.05) is 55.6 Å². The lowest BCUT2D eigenvalue weighted by Crippen LogP contribution is -2.50. The van der Waals surface area contributed by atoms with Crippen molar-refractivity contribution in [1.29, 1.82) is 0 Å². The summed E-state index contributed by atoms with van der Waals surface area (Å²) in [5.41, 5.74) is 2.78. The molecule has 0 unspecified atom stereocenters. The van der Waals surface area contributed by atoms with Crippen molar-refractivity contribution in [1.82, 2.24) is 19.0 Å². The van der Waals surface area contributed by atoms with E-state index >= 15 is 0 Å². The van der Waals surface area contributed by atoms with Gasteiger partial charge in [-0.15, -0.1) is 0 Å². The van der Waals surface area contributed by atoms with Crippen LogP contribution in [0, 0.1) is 13.8 Å². The molecule has 1 saturated heterocycles. The van der Waals surface area contributed by atoms with E-state index in [9.17, 15) is 13.2 Å². The molecule has 0 aliphatic carbocycles. The number of hydrogen-bond acceptors (Lipinski definition) is 4. The first-order chi connectivity index (χ1) is 13.2. The number of aromatic nitrogens is 2. The summed E-state index contributed by atoms with van der Waals surface area (Å²) in [5, 5.41) is 4.71. The molecule has 2 heterocycles. The molecule has 1 aromatic heterocycles. The fourth-order valence-electron chi connectivity index (χ4n) is 3.22. The van der Waals surface area contributed by atoms with Gasteiger partial charge in [-0.3, -0.25) is 9.48 Å². The Hall–Kier alpha value is -2.16. The van der Waals surface area contributed by atoms with Crippen LogP contribution in [0.3, 0.4) is 0 Å². The Labute approximate surface area is 170 Å². The van der Waals surface area contributed by atoms with Gasteiger partial charge in [0.1, 0.15) is 0 Å². The highest BCUT2D eigenvalue weighted by Crippen LogP contribution is 2.21. The Bertz CT molecular complexity index is 1020. The smallest absolute Gasteiger partial charge is 0.246 e. The number of amides is 1. The number of aryl methyl sites for hydroxylation is 2. The SMILES string of the molecule is Cc1nn(C)c(C)c1/C=C/C(=O)N1CCN(S(=O)(=O)c2cccc(Cl)c2)CC1. The van der Waals surface area contributed by atoms with Gasteiger partial charge >= 0.3 is 0 Å². The van der Waals surface area contributed by atoms with Gasteiger partial charge in [0.2, 0.25) is 15.9 Å². The number of rotatable bonds is 4. The van der Waals surface area contributed by atoms with E-state index in [4.69, 9.17) is 11.6 Å². The van der Waals surface area contributed by atoms with Crippen molar-refractivity contribution in [3.8, 4) is 0 Å². The first-order valence-corrected chi connectivity index (χ1v) is 10.7. The summed E-state index contributed by atoms with van der Waals surface area (Å²) < 4.78 is 28.7. The zero-order valence-corrected chi connectivity index (χ0v) is 17.7. The second-order valence-electron chi connectivity index (χ2n) is 6.73. The average Bonchev–Trinajstić information content (AvgIpc) is 2.91. The van der Waals surface area contributed by atoms with Gasteiger partial charge in [0.15, 0.2) is 0 Å². The van der Waals surface area contributed by atoms with E-state index < -0.39 is 10.0 Å². The van der Waals surface area contributed by atoms with Crippen LogP contribution in [-0.2, 0) is 21.9 Å². The van der Waals surface area contributed by atoms with Gasteiger partial charge in [-0.1, -0.05) is 17.7 Å². The summed E-state index contributed by atoms with van der Waals surface area (Å²) in [6.45, 7) is 5.03. The van der Waals surface area contributed by atoms with Crippen LogP contribution in [0.25, 0.3) is 6.08 Å². The van der Waals surface area contributed by atoms with Crippen LogP contribution in [0.4, 0.5) is 0 Å². The van der Waals surface area contributed by atoms with Gasteiger partial charge in [0.05, 0.1) is 10.6 Å². The molecule has 1 aliphatic heterocycles. The maximum atomic E-state index is 12.7. The summed E-state index contributed by atoms with van der Waals surface area (Å²) in [4.78, 5) is 14.3. The van der Waals surface area contributed by atoms with E-state index in [1.165, 1.54) is 22.5 Å². The van der Waals surface area contributed by atoms with E-state index in [1.807, 2.05) is 20.9 Å². The van der Waals surface area contributed by atoms with Crippen LogP contribution < -0.4 is 0 Å². The normalized spacial score (nSPS) is 16.1. The topological polar surface area (TPSA) is 75.5 Å². The zero-order chi connectivity index (χ0) is 20.5. The Morgan fingerprint density at radius 3 is 2.43 bits per heavy atom.